The van der Waals surface area contributed by atoms with E-state index in [9.17, 15) is 4.79 Å². The average Bonchev–Trinajstić information content (AvgIpc) is 2.45. The van der Waals surface area contributed by atoms with E-state index >= 15 is 0 Å². The fourth-order valence-corrected chi connectivity index (χ4v) is 2.77. The van der Waals surface area contributed by atoms with Gasteiger partial charge < -0.3 is 0 Å². The molecule has 2 rings (SSSR count). The van der Waals surface area contributed by atoms with Gasteiger partial charge in [-0.1, -0.05) is 41.4 Å². The van der Waals surface area contributed by atoms with Crippen molar-refractivity contribution < 1.29 is 4.79 Å². The van der Waals surface area contributed by atoms with E-state index in [2.05, 4.69) is 23.2 Å². The lowest BCUT2D eigenvalue weighted by atomic mass is 9.85. The van der Waals surface area contributed by atoms with Crippen LogP contribution in [0.25, 0.3) is 0 Å². The highest BCUT2D eigenvalue weighted by Gasteiger charge is 2.19. The second-order valence-electron chi connectivity index (χ2n) is 5.49. The van der Waals surface area contributed by atoms with Crippen LogP contribution in [0.15, 0.2) is 47.1 Å². The number of allylic oxidation sites excluding steroid dienone is 3. The molecule has 1 amide bonds. The van der Waals surface area contributed by atoms with Crippen molar-refractivity contribution in [3.05, 3.63) is 57.6 Å². The summed E-state index contributed by atoms with van der Waals surface area (Å²) in [6.07, 6.45) is 3.88. The first kappa shape index (κ1) is 16.8. The Labute approximate surface area is 140 Å². The second kappa shape index (κ2) is 7.12. The summed E-state index contributed by atoms with van der Waals surface area (Å²) in [7, 11) is 0. The van der Waals surface area contributed by atoms with Crippen molar-refractivity contribution in [2.24, 2.45) is 11.0 Å². The van der Waals surface area contributed by atoms with Crippen LogP contribution in [0.3, 0.4) is 0 Å². The van der Waals surface area contributed by atoms with E-state index in [-0.39, 0.29) is 5.91 Å². The van der Waals surface area contributed by atoms with Crippen molar-refractivity contribution in [3.63, 3.8) is 0 Å². The molecule has 116 valence electrons. The highest BCUT2D eigenvalue weighted by Crippen LogP contribution is 2.26. The molecule has 0 saturated heterocycles. The Morgan fingerprint density at radius 2 is 2.14 bits per heavy atom. The van der Waals surface area contributed by atoms with Gasteiger partial charge in [0.05, 0.1) is 16.3 Å². The molecule has 1 aromatic rings. The summed E-state index contributed by atoms with van der Waals surface area (Å²) in [6.45, 7) is 8.01. The zero-order valence-electron chi connectivity index (χ0n) is 12.6. The van der Waals surface area contributed by atoms with Crippen LogP contribution >= 0.6 is 23.2 Å². The van der Waals surface area contributed by atoms with Crippen LogP contribution in [-0.4, -0.2) is 11.6 Å². The molecule has 0 radical (unpaired) electrons. The van der Waals surface area contributed by atoms with Crippen LogP contribution < -0.4 is 5.43 Å². The van der Waals surface area contributed by atoms with Gasteiger partial charge in [-0.2, -0.15) is 5.10 Å². The number of hydrogen-bond donors (Lipinski definition) is 1. The number of hydrazone groups is 1. The van der Waals surface area contributed by atoms with Gasteiger partial charge in [-0.25, -0.2) is 5.43 Å². The molecular weight excluding hydrogens is 319 g/mol. The molecular formula is C17H18Cl2N2O. The van der Waals surface area contributed by atoms with Crippen molar-refractivity contribution in [3.8, 4) is 0 Å². The smallest absolute Gasteiger partial charge is 0.267 e. The van der Waals surface area contributed by atoms with E-state index in [4.69, 9.17) is 23.2 Å². The minimum atomic E-state index is -0.348. The minimum absolute atomic E-state index is 0.306. The maximum absolute atomic E-state index is 12.2. The predicted octanol–water partition coefficient (Wildman–Crippen LogP) is 5.01. The van der Waals surface area contributed by atoms with Gasteiger partial charge in [0.15, 0.2) is 0 Å². The summed E-state index contributed by atoms with van der Waals surface area (Å²) in [5, 5.41) is 5.05. The van der Waals surface area contributed by atoms with Gasteiger partial charge in [-0.05, 0) is 56.4 Å². The van der Waals surface area contributed by atoms with Crippen LogP contribution in [0, 0.1) is 5.92 Å². The first-order valence-corrected chi connectivity index (χ1v) is 7.78. The monoisotopic (exact) mass is 336 g/mol. The summed E-state index contributed by atoms with van der Waals surface area (Å²) in [4.78, 5) is 12.2. The molecule has 1 atom stereocenters. The quantitative estimate of drug-likeness (QED) is 0.611. The molecule has 0 fully saturated rings. The fraction of sp³-hybridized carbons (Fsp3) is 0.294. The Balaban J connectivity index is 2.13. The summed E-state index contributed by atoms with van der Waals surface area (Å²) < 4.78 is 0. The number of benzene rings is 1. The van der Waals surface area contributed by atoms with E-state index in [0.717, 1.165) is 29.7 Å². The molecule has 1 N–H and O–H groups in total. The van der Waals surface area contributed by atoms with Crippen molar-refractivity contribution in [1.29, 1.82) is 0 Å². The van der Waals surface area contributed by atoms with E-state index in [1.165, 1.54) is 6.07 Å². The van der Waals surface area contributed by atoms with Crippen molar-refractivity contribution in [1.82, 2.24) is 5.43 Å². The number of hydrogen-bond acceptors (Lipinski definition) is 2. The molecule has 5 heteroatoms. The van der Waals surface area contributed by atoms with Gasteiger partial charge in [0.1, 0.15) is 0 Å². The largest absolute Gasteiger partial charge is 0.272 e. The summed E-state index contributed by atoms with van der Waals surface area (Å²) in [5.41, 5.74) is 6.01. The molecule has 1 aromatic carbocycles. The zero-order chi connectivity index (χ0) is 16.3. The van der Waals surface area contributed by atoms with Crippen molar-refractivity contribution in [2.75, 3.05) is 0 Å². The first-order chi connectivity index (χ1) is 10.4. The summed E-state index contributed by atoms with van der Waals surface area (Å²) >= 11 is 11.8. The molecule has 1 aliphatic rings. The van der Waals surface area contributed by atoms with E-state index < -0.39 is 0 Å². The number of halogens is 2. The standard InChI is InChI=1S/C17H18Cl2N2O/c1-10(2)12-5-4-11(3)16(8-12)20-21-17(22)14-7-6-13(18)9-15(14)19/h4,6-7,9,12H,1,5,8H2,2-3H3,(H,21,22)/b20-16-/t12-/m1/s1. The number of carbonyl (C=O) groups excluding carboxylic acids is 1. The highest BCUT2D eigenvalue weighted by molar-refractivity contribution is 6.36. The molecule has 22 heavy (non-hydrogen) atoms. The van der Waals surface area contributed by atoms with Gasteiger partial charge in [-0.3, -0.25) is 4.79 Å². The molecule has 0 bridgehead atoms. The molecule has 0 unspecified atom stereocenters. The average molecular weight is 337 g/mol. The third-order valence-corrected chi connectivity index (χ3v) is 4.32. The Bertz CT molecular complexity index is 677. The van der Waals surface area contributed by atoms with Crippen LogP contribution in [0.2, 0.25) is 10.0 Å². The summed E-state index contributed by atoms with van der Waals surface area (Å²) in [5.74, 6) is 0.0258. The predicted molar refractivity (Wildman–Crippen MR) is 92.7 cm³/mol. The van der Waals surface area contributed by atoms with Crippen LogP contribution in [0.4, 0.5) is 0 Å². The molecule has 0 saturated carbocycles. The molecule has 0 aliphatic heterocycles. The highest BCUT2D eigenvalue weighted by atomic mass is 35.5. The van der Waals surface area contributed by atoms with Gasteiger partial charge in [0, 0.05) is 5.02 Å². The lowest BCUT2D eigenvalue weighted by molar-refractivity contribution is 0.0955. The normalized spacial score (nSPS) is 19.7. The van der Waals surface area contributed by atoms with Gasteiger partial charge in [-0.15, -0.1) is 0 Å². The van der Waals surface area contributed by atoms with E-state index in [1.807, 2.05) is 13.8 Å². The Morgan fingerprint density at radius 3 is 2.77 bits per heavy atom. The maximum Gasteiger partial charge on any atom is 0.272 e. The Morgan fingerprint density at radius 1 is 1.41 bits per heavy atom. The number of nitrogens with zero attached hydrogens (tertiary/aromatic N) is 1. The molecule has 3 nitrogen and oxygen atoms in total. The van der Waals surface area contributed by atoms with Crippen LogP contribution in [-0.2, 0) is 0 Å². The molecule has 1 aliphatic carbocycles. The number of nitrogens with one attached hydrogen (secondary N) is 1. The third kappa shape index (κ3) is 3.99. The van der Waals surface area contributed by atoms with Crippen LogP contribution in [0.5, 0.6) is 0 Å². The Kier molecular flexibility index (Phi) is 5.43. The maximum atomic E-state index is 12.2. The lowest BCUT2D eigenvalue weighted by Crippen LogP contribution is -2.23. The molecule has 0 aromatic heterocycles. The van der Waals surface area contributed by atoms with Crippen molar-refractivity contribution in [2.45, 2.75) is 26.7 Å². The number of carbonyl (C=O) groups is 1. The summed E-state index contributed by atoms with van der Waals surface area (Å²) in [6, 6.07) is 4.74. The third-order valence-electron chi connectivity index (χ3n) is 3.77. The molecule has 0 spiro atoms. The van der Waals surface area contributed by atoms with Gasteiger partial charge in [0.25, 0.3) is 5.91 Å². The fourth-order valence-electron chi connectivity index (χ4n) is 2.28. The Hall–Kier alpha value is -1.58. The van der Waals surface area contributed by atoms with Crippen molar-refractivity contribution >= 4 is 34.8 Å². The number of rotatable bonds is 3. The van der Waals surface area contributed by atoms with E-state index in [1.54, 1.807) is 12.1 Å². The van der Waals surface area contributed by atoms with E-state index in [0.29, 0.717) is 21.5 Å². The van der Waals surface area contributed by atoms with Crippen LogP contribution in [0.1, 0.15) is 37.0 Å². The zero-order valence-corrected chi connectivity index (χ0v) is 14.1. The molecule has 0 heterocycles. The topological polar surface area (TPSA) is 41.5 Å². The number of amides is 1. The first-order valence-electron chi connectivity index (χ1n) is 7.03. The lowest BCUT2D eigenvalue weighted by Gasteiger charge is -2.22. The van der Waals surface area contributed by atoms with Gasteiger partial charge in [0.2, 0.25) is 0 Å². The minimum Gasteiger partial charge on any atom is -0.267 e. The van der Waals surface area contributed by atoms with Gasteiger partial charge >= 0.3 is 0 Å². The second-order valence-corrected chi connectivity index (χ2v) is 6.34. The SMILES string of the molecule is C=C(C)[C@@H]1CC=C(C)/C(=N\NC(=O)c2ccc(Cl)cc2Cl)C1.